The fourth-order valence-electron chi connectivity index (χ4n) is 0.940. The normalized spacial score (nSPS) is 9.73. The van der Waals surface area contributed by atoms with Gasteiger partial charge in [0.25, 0.3) is 0 Å². The zero-order valence-corrected chi connectivity index (χ0v) is 9.59. The lowest BCUT2D eigenvalue weighted by Gasteiger charge is -2.05. The SMILES string of the molecule is O=C(Nc1cccc(F)c1)OCCCBr. The number of carbonyl (C=O) groups is 1. The summed E-state index contributed by atoms with van der Waals surface area (Å²) in [5, 5.41) is 3.20. The van der Waals surface area contributed by atoms with Crippen molar-refractivity contribution in [3.63, 3.8) is 0 Å². The standard InChI is InChI=1S/C10H11BrFNO2/c11-5-2-6-15-10(14)13-9-4-1-3-8(12)7-9/h1,3-4,7H,2,5-6H2,(H,13,14). The van der Waals surface area contributed by atoms with E-state index in [9.17, 15) is 9.18 Å². The van der Waals surface area contributed by atoms with E-state index in [0.29, 0.717) is 12.3 Å². The molecule has 15 heavy (non-hydrogen) atoms. The van der Waals surface area contributed by atoms with E-state index in [2.05, 4.69) is 21.2 Å². The maximum Gasteiger partial charge on any atom is 0.411 e. The Balaban J connectivity index is 2.37. The van der Waals surface area contributed by atoms with Crippen molar-refractivity contribution < 1.29 is 13.9 Å². The number of alkyl halides is 1. The maximum atomic E-state index is 12.7. The molecule has 1 aromatic carbocycles. The van der Waals surface area contributed by atoms with Gasteiger partial charge < -0.3 is 4.74 Å². The van der Waals surface area contributed by atoms with Gasteiger partial charge in [-0.15, -0.1) is 0 Å². The van der Waals surface area contributed by atoms with Crippen LogP contribution >= 0.6 is 15.9 Å². The van der Waals surface area contributed by atoms with Crippen LogP contribution in [0.4, 0.5) is 14.9 Å². The van der Waals surface area contributed by atoms with Crippen LogP contribution in [0.25, 0.3) is 0 Å². The predicted octanol–water partition coefficient (Wildman–Crippen LogP) is 3.16. The number of halogens is 2. The van der Waals surface area contributed by atoms with Crippen LogP contribution in [0.2, 0.25) is 0 Å². The maximum absolute atomic E-state index is 12.7. The molecule has 82 valence electrons. The Kier molecular flexibility index (Phi) is 5.10. The topological polar surface area (TPSA) is 38.3 Å². The Morgan fingerprint density at radius 2 is 2.33 bits per heavy atom. The van der Waals surface area contributed by atoms with E-state index in [0.717, 1.165) is 11.8 Å². The smallest absolute Gasteiger partial charge is 0.411 e. The molecule has 1 rings (SSSR count). The summed E-state index contributed by atoms with van der Waals surface area (Å²) in [6.07, 6.45) is 0.179. The third-order valence-electron chi connectivity index (χ3n) is 1.58. The highest BCUT2D eigenvalue weighted by molar-refractivity contribution is 9.09. The van der Waals surface area contributed by atoms with Crippen LogP contribution in [0, 0.1) is 5.82 Å². The number of ether oxygens (including phenoxy) is 1. The molecule has 3 nitrogen and oxygen atoms in total. The van der Waals surface area contributed by atoms with Gasteiger partial charge in [0.05, 0.1) is 6.61 Å². The van der Waals surface area contributed by atoms with Crippen molar-refractivity contribution in [1.29, 1.82) is 0 Å². The molecule has 0 fully saturated rings. The van der Waals surface area contributed by atoms with Crippen molar-refractivity contribution in [2.24, 2.45) is 0 Å². The summed E-state index contributed by atoms with van der Waals surface area (Å²) in [4.78, 5) is 11.1. The number of nitrogens with one attached hydrogen (secondary N) is 1. The van der Waals surface area contributed by atoms with Crippen LogP contribution in [-0.4, -0.2) is 18.0 Å². The van der Waals surface area contributed by atoms with Gasteiger partial charge in [-0.25, -0.2) is 9.18 Å². The van der Waals surface area contributed by atoms with Crippen molar-refractivity contribution in [3.05, 3.63) is 30.1 Å². The van der Waals surface area contributed by atoms with Gasteiger partial charge in [-0.3, -0.25) is 5.32 Å². The Morgan fingerprint density at radius 3 is 3.00 bits per heavy atom. The highest BCUT2D eigenvalue weighted by Gasteiger charge is 2.02. The number of rotatable bonds is 4. The van der Waals surface area contributed by atoms with E-state index >= 15 is 0 Å². The van der Waals surface area contributed by atoms with Gasteiger partial charge in [-0.2, -0.15) is 0 Å². The molecular formula is C10H11BrFNO2. The molecule has 5 heteroatoms. The number of benzene rings is 1. The lowest BCUT2D eigenvalue weighted by molar-refractivity contribution is 0.162. The highest BCUT2D eigenvalue weighted by atomic mass is 79.9. The van der Waals surface area contributed by atoms with Gasteiger partial charge in [0, 0.05) is 11.0 Å². The molecular weight excluding hydrogens is 265 g/mol. The number of hydrogen-bond acceptors (Lipinski definition) is 2. The second-order valence-electron chi connectivity index (χ2n) is 2.81. The molecule has 1 aromatic rings. The quantitative estimate of drug-likeness (QED) is 0.677. The molecule has 0 aromatic heterocycles. The molecule has 0 bridgehead atoms. The third-order valence-corrected chi connectivity index (χ3v) is 2.14. The average Bonchev–Trinajstić information content (AvgIpc) is 2.18. The van der Waals surface area contributed by atoms with Crippen molar-refractivity contribution in [1.82, 2.24) is 0 Å². The molecule has 0 saturated heterocycles. The van der Waals surface area contributed by atoms with Crippen LogP contribution in [0.1, 0.15) is 6.42 Å². The fourth-order valence-corrected chi connectivity index (χ4v) is 1.17. The number of hydrogen-bond donors (Lipinski definition) is 1. The third kappa shape index (κ3) is 4.78. The van der Waals surface area contributed by atoms with Crippen LogP contribution in [0.3, 0.4) is 0 Å². The highest BCUT2D eigenvalue weighted by Crippen LogP contribution is 2.09. The Labute approximate surface area is 95.7 Å². The zero-order chi connectivity index (χ0) is 11.1. The van der Waals surface area contributed by atoms with Crippen molar-refractivity contribution in [2.45, 2.75) is 6.42 Å². The number of anilines is 1. The van der Waals surface area contributed by atoms with Gasteiger partial charge in [-0.05, 0) is 24.6 Å². The zero-order valence-electron chi connectivity index (χ0n) is 8.00. The molecule has 0 aliphatic rings. The molecule has 0 aliphatic carbocycles. The molecule has 0 atom stereocenters. The lowest BCUT2D eigenvalue weighted by atomic mass is 10.3. The molecule has 0 heterocycles. The molecule has 0 aliphatic heterocycles. The molecule has 0 spiro atoms. The summed E-state index contributed by atoms with van der Waals surface area (Å²) in [6.45, 7) is 0.340. The molecule has 1 amide bonds. The van der Waals surface area contributed by atoms with Crippen LogP contribution in [0.5, 0.6) is 0 Å². The van der Waals surface area contributed by atoms with Crippen molar-refractivity contribution in [3.8, 4) is 0 Å². The summed E-state index contributed by atoms with van der Waals surface area (Å²) in [5.41, 5.74) is 0.388. The lowest BCUT2D eigenvalue weighted by Crippen LogP contribution is -2.14. The van der Waals surface area contributed by atoms with E-state index in [4.69, 9.17) is 4.74 Å². The van der Waals surface area contributed by atoms with Crippen molar-refractivity contribution >= 4 is 27.7 Å². The molecule has 0 unspecified atom stereocenters. The minimum Gasteiger partial charge on any atom is -0.449 e. The summed E-state index contributed by atoms with van der Waals surface area (Å²) in [5.74, 6) is -0.395. The van der Waals surface area contributed by atoms with E-state index in [-0.39, 0.29) is 0 Å². The monoisotopic (exact) mass is 275 g/mol. The van der Waals surface area contributed by atoms with E-state index in [1.165, 1.54) is 18.2 Å². The van der Waals surface area contributed by atoms with Gasteiger partial charge in [-0.1, -0.05) is 22.0 Å². The Hall–Kier alpha value is -1.10. The van der Waals surface area contributed by atoms with Gasteiger partial charge in [0.2, 0.25) is 0 Å². The Morgan fingerprint density at radius 1 is 1.53 bits per heavy atom. The first kappa shape index (κ1) is 12.0. The summed E-state index contributed by atoms with van der Waals surface area (Å²) < 4.78 is 17.5. The molecule has 1 N–H and O–H groups in total. The minimum absolute atomic E-state index is 0.340. The average molecular weight is 276 g/mol. The van der Waals surface area contributed by atoms with Crippen LogP contribution in [0.15, 0.2) is 24.3 Å². The Bertz CT molecular complexity index is 333. The molecule has 0 saturated carbocycles. The second kappa shape index (κ2) is 6.40. The predicted molar refractivity (Wildman–Crippen MR) is 59.8 cm³/mol. The van der Waals surface area contributed by atoms with Crippen LogP contribution < -0.4 is 5.32 Å². The summed E-state index contributed by atoms with van der Waals surface area (Å²) >= 11 is 3.21. The van der Waals surface area contributed by atoms with E-state index < -0.39 is 11.9 Å². The first-order valence-corrected chi connectivity index (χ1v) is 5.60. The summed E-state index contributed by atoms with van der Waals surface area (Å²) in [6, 6.07) is 5.64. The first-order valence-electron chi connectivity index (χ1n) is 4.47. The minimum atomic E-state index is -0.568. The second-order valence-corrected chi connectivity index (χ2v) is 3.61. The largest absolute Gasteiger partial charge is 0.449 e. The van der Waals surface area contributed by atoms with Crippen LogP contribution in [-0.2, 0) is 4.74 Å². The van der Waals surface area contributed by atoms with Gasteiger partial charge >= 0.3 is 6.09 Å². The van der Waals surface area contributed by atoms with E-state index in [1.807, 2.05) is 0 Å². The van der Waals surface area contributed by atoms with E-state index in [1.54, 1.807) is 6.07 Å². The van der Waals surface area contributed by atoms with Crippen molar-refractivity contribution in [2.75, 3.05) is 17.3 Å². The first-order chi connectivity index (χ1) is 7.22. The molecule has 0 radical (unpaired) electrons. The van der Waals surface area contributed by atoms with Gasteiger partial charge in [0.15, 0.2) is 0 Å². The summed E-state index contributed by atoms with van der Waals surface area (Å²) in [7, 11) is 0. The number of amides is 1. The fraction of sp³-hybridized carbons (Fsp3) is 0.300. The number of carbonyl (C=O) groups excluding carboxylic acids is 1. The van der Waals surface area contributed by atoms with Gasteiger partial charge in [0.1, 0.15) is 5.82 Å².